The molecule has 68 heavy (non-hydrogen) atoms. The molecule has 5 atom stereocenters. The molecule has 1 aliphatic rings. The molecule has 20 nitrogen and oxygen atoms in total. The Morgan fingerprint density at radius 3 is 2.29 bits per heavy atom. The van der Waals surface area contributed by atoms with Gasteiger partial charge in [0.1, 0.15) is 48.1 Å². The maximum absolute atomic E-state index is 15.0. The smallest absolute Gasteiger partial charge is 0.493 e. The van der Waals surface area contributed by atoms with Crippen LogP contribution in [0.3, 0.4) is 0 Å². The molecular weight excluding hydrogens is 914 g/mol. The fourth-order valence-corrected chi connectivity index (χ4v) is 8.19. The molecular formula is C45H57F2N8O12P. The number of aromatic nitrogens is 6. The summed E-state index contributed by atoms with van der Waals surface area (Å²) < 4.78 is 76.0. The standard InChI is InChI=1S/C45H57F2N8O12P/c1-4-41(31(2)65-44(58)67-32(3)66-42(56)9-7-5-6-8-22-64-68(59,60)61)55-43(57)54(30-52-55)37-15-11-35(12-16-37)49-20-21-50-36-13-17-38(18-14-36)62-25-33-24-45(63-26-33,27-53-29-48-28-51-53)39-19-10-34(46)23-40(39)47/h10-19,23,28-33,41,49-50H,4-9,20-22,24-27H2,1-3H3,(H2,59,60,61)/t31-,32?,33+,41-,45-/m0/s1. The van der Waals surface area contributed by atoms with E-state index in [0.29, 0.717) is 76.3 Å². The van der Waals surface area contributed by atoms with Crippen LogP contribution in [0.5, 0.6) is 5.75 Å². The number of halogens is 2. The average molecular weight is 971 g/mol. The summed E-state index contributed by atoms with van der Waals surface area (Å²) in [6.07, 6.45) is 4.13. The average Bonchev–Trinajstić information content (AvgIpc) is 4.06. The van der Waals surface area contributed by atoms with E-state index in [4.69, 9.17) is 33.5 Å². The summed E-state index contributed by atoms with van der Waals surface area (Å²) >= 11 is 0. The number of phosphoric acid groups is 1. The highest BCUT2D eigenvalue weighted by atomic mass is 31.2. The van der Waals surface area contributed by atoms with Crippen LogP contribution in [0.1, 0.15) is 77.3 Å². The second-order valence-electron chi connectivity index (χ2n) is 16.3. The summed E-state index contributed by atoms with van der Waals surface area (Å²) in [6.45, 7) is 6.77. The lowest BCUT2D eigenvalue weighted by molar-refractivity contribution is -0.169. The van der Waals surface area contributed by atoms with Crippen molar-refractivity contribution >= 4 is 31.3 Å². The molecule has 368 valence electrons. The first-order chi connectivity index (χ1) is 32.6. The molecule has 0 spiro atoms. The van der Waals surface area contributed by atoms with Crippen LogP contribution in [0.25, 0.3) is 5.69 Å². The number of nitrogens with one attached hydrogen (secondary N) is 2. The topological polar surface area (TPSA) is 242 Å². The molecule has 1 fully saturated rings. The number of carbonyl (C=O) groups is 2. The van der Waals surface area contributed by atoms with E-state index in [1.165, 1.54) is 47.3 Å². The third-order valence-corrected chi connectivity index (χ3v) is 11.7. The number of carbonyl (C=O) groups excluding carboxylic acids is 2. The number of benzene rings is 3. The van der Waals surface area contributed by atoms with Gasteiger partial charge in [-0.3, -0.25) is 9.32 Å². The second kappa shape index (κ2) is 24.2. The van der Waals surface area contributed by atoms with Crippen molar-refractivity contribution in [2.75, 3.05) is 43.5 Å². The molecule has 3 heterocycles. The number of unbranched alkanes of at least 4 members (excludes halogenated alkanes) is 3. The molecule has 1 saturated heterocycles. The van der Waals surface area contributed by atoms with Gasteiger partial charge in [0.25, 0.3) is 0 Å². The molecule has 2 aromatic heterocycles. The second-order valence-corrected chi connectivity index (χ2v) is 17.5. The lowest BCUT2D eigenvalue weighted by Gasteiger charge is -2.29. The fraction of sp³-hybridized carbons (Fsp3) is 0.467. The van der Waals surface area contributed by atoms with E-state index in [1.807, 2.05) is 43.3 Å². The van der Waals surface area contributed by atoms with Crippen molar-refractivity contribution in [1.82, 2.24) is 29.1 Å². The van der Waals surface area contributed by atoms with Crippen LogP contribution in [-0.4, -0.2) is 96.3 Å². The minimum absolute atomic E-state index is 0.0541. The molecule has 23 heteroatoms. The van der Waals surface area contributed by atoms with E-state index in [1.54, 1.807) is 23.7 Å². The van der Waals surface area contributed by atoms with Crippen molar-refractivity contribution in [3.63, 3.8) is 0 Å². The Hall–Kier alpha value is -6.19. The molecule has 0 radical (unpaired) electrons. The minimum Gasteiger partial charge on any atom is -0.493 e. The van der Waals surface area contributed by atoms with Crippen LogP contribution >= 0.6 is 7.82 Å². The Kier molecular flexibility index (Phi) is 18.2. The van der Waals surface area contributed by atoms with Crippen LogP contribution in [0.2, 0.25) is 0 Å². The maximum atomic E-state index is 15.0. The van der Waals surface area contributed by atoms with Gasteiger partial charge in [-0.15, -0.1) is 0 Å². The zero-order chi connectivity index (χ0) is 48.7. The van der Waals surface area contributed by atoms with Crippen LogP contribution in [-0.2, 0) is 45.0 Å². The highest BCUT2D eigenvalue weighted by Crippen LogP contribution is 2.42. The Morgan fingerprint density at radius 1 is 0.926 bits per heavy atom. The monoisotopic (exact) mass is 970 g/mol. The molecule has 3 aromatic carbocycles. The van der Waals surface area contributed by atoms with Crippen molar-refractivity contribution in [3.8, 4) is 11.4 Å². The zero-order valence-electron chi connectivity index (χ0n) is 37.9. The molecule has 0 amide bonds. The van der Waals surface area contributed by atoms with Gasteiger partial charge < -0.3 is 44.1 Å². The Bertz CT molecular complexity index is 2490. The van der Waals surface area contributed by atoms with Gasteiger partial charge in [0.05, 0.1) is 38.1 Å². The Labute approximate surface area is 391 Å². The van der Waals surface area contributed by atoms with Crippen LogP contribution in [0.15, 0.2) is 90.5 Å². The maximum Gasteiger partial charge on any atom is 0.511 e. The van der Waals surface area contributed by atoms with E-state index in [-0.39, 0.29) is 31.1 Å². The van der Waals surface area contributed by atoms with Gasteiger partial charge in [-0.05, 0) is 87.2 Å². The molecule has 4 N–H and O–H groups in total. The number of anilines is 2. The van der Waals surface area contributed by atoms with Gasteiger partial charge >= 0.3 is 25.6 Å². The first-order valence-corrected chi connectivity index (χ1v) is 23.8. The number of phosphoric ester groups is 1. The molecule has 0 aliphatic carbocycles. The van der Waals surface area contributed by atoms with Crippen molar-refractivity contribution in [1.29, 1.82) is 0 Å². The summed E-state index contributed by atoms with van der Waals surface area (Å²) in [5.74, 6) is -1.33. The van der Waals surface area contributed by atoms with Crippen LogP contribution < -0.4 is 21.1 Å². The molecule has 1 aliphatic heterocycles. The van der Waals surface area contributed by atoms with Crippen molar-refractivity contribution in [3.05, 3.63) is 113 Å². The summed E-state index contributed by atoms with van der Waals surface area (Å²) in [5, 5.41) is 15.2. The predicted molar refractivity (Wildman–Crippen MR) is 242 cm³/mol. The number of esters is 1. The molecule has 1 unspecified atom stereocenters. The quantitative estimate of drug-likeness (QED) is 0.0191. The number of hydrogen-bond donors (Lipinski definition) is 4. The van der Waals surface area contributed by atoms with E-state index >= 15 is 0 Å². The number of rotatable bonds is 26. The molecule has 0 bridgehead atoms. The molecule has 6 rings (SSSR count). The summed E-state index contributed by atoms with van der Waals surface area (Å²) in [5.41, 5.74) is 1.06. The normalized spacial score (nSPS) is 17.2. The van der Waals surface area contributed by atoms with E-state index in [9.17, 15) is 27.7 Å². The fourth-order valence-electron chi connectivity index (χ4n) is 7.82. The zero-order valence-corrected chi connectivity index (χ0v) is 38.8. The predicted octanol–water partition coefficient (Wildman–Crippen LogP) is 6.88. The van der Waals surface area contributed by atoms with Gasteiger partial charge in [0.2, 0.25) is 6.29 Å². The summed E-state index contributed by atoms with van der Waals surface area (Å²) in [6, 6.07) is 17.7. The van der Waals surface area contributed by atoms with Crippen molar-refractivity contribution < 1.29 is 60.9 Å². The molecule has 0 saturated carbocycles. The van der Waals surface area contributed by atoms with Crippen LogP contribution in [0.4, 0.5) is 25.0 Å². The first kappa shape index (κ1) is 51.2. The van der Waals surface area contributed by atoms with Crippen molar-refractivity contribution in [2.45, 2.75) is 96.3 Å². The van der Waals surface area contributed by atoms with Gasteiger partial charge in [0.15, 0.2) is 0 Å². The number of hydrogen-bond acceptors (Lipinski definition) is 15. The SMILES string of the molecule is CC[C@@H]([C@H](C)OC(=O)OC(C)OC(=O)CCCCCCOP(=O)(O)O)n1ncn(-c2ccc(NCCNc3ccc(OC[C@@H]4CO[C@@](Cn5cncn5)(c5ccc(F)cc5F)C4)cc3)cc2)c1=O. The summed E-state index contributed by atoms with van der Waals surface area (Å²) in [4.78, 5) is 59.6. The summed E-state index contributed by atoms with van der Waals surface area (Å²) in [7, 11) is -4.50. The Balaban J connectivity index is 0.893. The minimum atomic E-state index is -4.50. The van der Waals surface area contributed by atoms with Gasteiger partial charge in [-0.2, -0.15) is 10.2 Å². The third-order valence-electron chi connectivity index (χ3n) is 11.1. The van der Waals surface area contributed by atoms with E-state index in [0.717, 1.165) is 17.4 Å². The van der Waals surface area contributed by atoms with E-state index < -0.39 is 61.3 Å². The van der Waals surface area contributed by atoms with Crippen LogP contribution in [0, 0.1) is 17.6 Å². The van der Waals surface area contributed by atoms with Gasteiger partial charge in [-0.1, -0.05) is 25.8 Å². The largest absolute Gasteiger partial charge is 0.511 e. The third kappa shape index (κ3) is 14.9. The van der Waals surface area contributed by atoms with Gasteiger partial charge in [-0.25, -0.2) is 41.8 Å². The highest BCUT2D eigenvalue weighted by Gasteiger charge is 2.44. The Morgan fingerprint density at radius 2 is 1.63 bits per heavy atom. The lowest BCUT2D eigenvalue weighted by atomic mass is 9.87. The highest BCUT2D eigenvalue weighted by molar-refractivity contribution is 7.46. The number of nitrogens with zero attached hydrogens (tertiary/aromatic N) is 6. The van der Waals surface area contributed by atoms with Crippen molar-refractivity contribution in [2.24, 2.45) is 5.92 Å². The number of ether oxygens (including phenoxy) is 5. The first-order valence-electron chi connectivity index (χ1n) is 22.3. The lowest BCUT2D eigenvalue weighted by Crippen LogP contribution is -2.35. The van der Waals surface area contributed by atoms with Gasteiger partial charge in [0, 0.05) is 55.4 Å². The van der Waals surface area contributed by atoms with E-state index in [2.05, 4.69) is 30.3 Å². The molecule has 5 aromatic rings.